The van der Waals surface area contributed by atoms with Gasteiger partial charge in [0, 0.05) is 4.88 Å². The van der Waals surface area contributed by atoms with Crippen LogP contribution in [-0.2, 0) is 0 Å². The SMILES string of the molecule is Cc1cc(F)ccc1-c1sc(C#N)c(N)c1C. The number of halogens is 1. The Morgan fingerprint density at radius 3 is 2.59 bits per heavy atom. The Bertz CT molecular complexity index is 623. The second-order valence-electron chi connectivity index (χ2n) is 3.87. The van der Waals surface area contributed by atoms with Crippen LogP contribution in [0.4, 0.5) is 10.1 Å². The number of nitriles is 1. The lowest BCUT2D eigenvalue weighted by atomic mass is 10.0. The van der Waals surface area contributed by atoms with Crippen LogP contribution in [0.2, 0.25) is 0 Å². The van der Waals surface area contributed by atoms with Crippen molar-refractivity contribution >= 4 is 17.0 Å². The number of anilines is 1. The fraction of sp³-hybridized carbons (Fsp3) is 0.154. The van der Waals surface area contributed by atoms with E-state index in [1.807, 2.05) is 13.8 Å². The summed E-state index contributed by atoms with van der Waals surface area (Å²) in [5.74, 6) is -0.256. The highest BCUT2D eigenvalue weighted by atomic mass is 32.1. The maximum atomic E-state index is 13.0. The van der Waals surface area contributed by atoms with Crippen molar-refractivity contribution in [2.45, 2.75) is 13.8 Å². The number of hydrogen-bond acceptors (Lipinski definition) is 3. The average molecular weight is 246 g/mol. The summed E-state index contributed by atoms with van der Waals surface area (Å²) in [6.45, 7) is 3.73. The van der Waals surface area contributed by atoms with Crippen molar-refractivity contribution in [2.75, 3.05) is 5.73 Å². The molecule has 1 heterocycles. The van der Waals surface area contributed by atoms with Crippen molar-refractivity contribution in [3.8, 4) is 16.5 Å². The van der Waals surface area contributed by atoms with Crippen molar-refractivity contribution in [2.24, 2.45) is 0 Å². The van der Waals surface area contributed by atoms with E-state index in [-0.39, 0.29) is 5.82 Å². The summed E-state index contributed by atoms with van der Waals surface area (Å²) in [6.07, 6.45) is 0. The minimum Gasteiger partial charge on any atom is -0.397 e. The first-order valence-corrected chi connectivity index (χ1v) is 5.91. The molecule has 1 aromatic heterocycles. The van der Waals surface area contributed by atoms with Crippen LogP contribution in [-0.4, -0.2) is 0 Å². The van der Waals surface area contributed by atoms with E-state index in [0.717, 1.165) is 21.6 Å². The van der Waals surface area contributed by atoms with E-state index in [4.69, 9.17) is 11.0 Å². The Hall–Kier alpha value is -1.86. The van der Waals surface area contributed by atoms with Gasteiger partial charge in [0.2, 0.25) is 0 Å². The van der Waals surface area contributed by atoms with Gasteiger partial charge >= 0.3 is 0 Å². The van der Waals surface area contributed by atoms with Crippen LogP contribution in [0.1, 0.15) is 16.0 Å². The third kappa shape index (κ3) is 1.90. The van der Waals surface area contributed by atoms with Crippen molar-refractivity contribution in [3.63, 3.8) is 0 Å². The van der Waals surface area contributed by atoms with Crippen LogP contribution in [0.15, 0.2) is 18.2 Å². The molecule has 0 radical (unpaired) electrons. The zero-order chi connectivity index (χ0) is 12.6. The van der Waals surface area contributed by atoms with Gasteiger partial charge in [0.1, 0.15) is 16.8 Å². The molecule has 0 aliphatic heterocycles. The van der Waals surface area contributed by atoms with Gasteiger partial charge < -0.3 is 5.73 Å². The van der Waals surface area contributed by atoms with Gasteiger partial charge in [-0.15, -0.1) is 11.3 Å². The van der Waals surface area contributed by atoms with Gasteiger partial charge in [-0.1, -0.05) is 6.07 Å². The number of thiophene rings is 1. The molecule has 0 atom stereocenters. The normalized spacial score (nSPS) is 10.2. The number of nitrogens with two attached hydrogens (primary N) is 1. The maximum absolute atomic E-state index is 13.0. The van der Waals surface area contributed by atoms with Crippen molar-refractivity contribution in [1.82, 2.24) is 0 Å². The molecule has 2 nitrogen and oxygen atoms in total. The molecule has 0 aliphatic carbocycles. The van der Waals surface area contributed by atoms with Gasteiger partial charge in [0.15, 0.2) is 0 Å². The average Bonchev–Trinajstić information content (AvgIpc) is 2.57. The van der Waals surface area contributed by atoms with E-state index in [1.165, 1.54) is 23.5 Å². The Kier molecular flexibility index (Phi) is 2.86. The molecule has 1 aromatic carbocycles. The highest BCUT2D eigenvalue weighted by Crippen LogP contribution is 2.38. The molecule has 0 fully saturated rings. The number of nitrogen functional groups attached to an aromatic ring is 1. The lowest BCUT2D eigenvalue weighted by Gasteiger charge is -2.04. The molecule has 2 N–H and O–H groups in total. The second-order valence-corrected chi connectivity index (χ2v) is 4.89. The van der Waals surface area contributed by atoms with Gasteiger partial charge in [-0.05, 0) is 42.7 Å². The van der Waals surface area contributed by atoms with Gasteiger partial charge in [-0.2, -0.15) is 5.26 Å². The molecule has 0 aliphatic rings. The first-order valence-electron chi connectivity index (χ1n) is 5.10. The minimum atomic E-state index is -0.256. The quantitative estimate of drug-likeness (QED) is 0.835. The largest absolute Gasteiger partial charge is 0.397 e. The lowest BCUT2D eigenvalue weighted by Crippen LogP contribution is -1.88. The Morgan fingerprint density at radius 2 is 2.06 bits per heavy atom. The van der Waals surface area contributed by atoms with Gasteiger partial charge in [0.25, 0.3) is 0 Å². The van der Waals surface area contributed by atoms with Crippen LogP contribution in [0.3, 0.4) is 0 Å². The summed E-state index contributed by atoms with van der Waals surface area (Å²) in [7, 11) is 0. The van der Waals surface area contributed by atoms with Crippen LogP contribution >= 0.6 is 11.3 Å². The molecule has 2 rings (SSSR count). The monoisotopic (exact) mass is 246 g/mol. The number of rotatable bonds is 1. The Morgan fingerprint density at radius 1 is 1.35 bits per heavy atom. The standard InChI is InChI=1S/C13H11FN2S/c1-7-5-9(14)3-4-10(7)13-8(2)12(16)11(6-15)17-13/h3-5H,16H2,1-2H3. The zero-order valence-corrected chi connectivity index (χ0v) is 10.4. The minimum absolute atomic E-state index is 0.256. The third-order valence-corrected chi connectivity index (χ3v) is 3.97. The molecular weight excluding hydrogens is 235 g/mol. The van der Waals surface area contributed by atoms with Gasteiger partial charge in [-0.25, -0.2) is 4.39 Å². The summed E-state index contributed by atoms with van der Waals surface area (Å²) < 4.78 is 13.0. The summed E-state index contributed by atoms with van der Waals surface area (Å²) in [5.41, 5.74) is 9.04. The van der Waals surface area contributed by atoms with E-state index in [9.17, 15) is 4.39 Å². The highest BCUT2D eigenvalue weighted by Gasteiger charge is 2.15. The summed E-state index contributed by atoms with van der Waals surface area (Å²) >= 11 is 1.35. The van der Waals surface area contributed by atoms with Crippen LogP contribution in [0.5, 0.6) is 0 Å². The molecule has 0 saturated heterocycles. The van der Waals surface area contributed by atoms with E-state index in [0.29, 0.717) is 10.6 Å². The number of nitrogens with zero attached hydrogens (tertiary/aromatic N) is 1. The fourth-order valence-corrected chi connectivity index (χ4v) is 2.86. The van der Waals surface area contributed by atoms with E-state index >= 15 is 0 Å². The zero-order valence-electron chi connectivity index (χ0n) is 9.54. The number of benzene rings is 1. The van der Waals surface area contributed by atoms with Crippen molar-refractivity contribution in [3.05, 3.63) is 40.0 Å². The van der Waals surface area contributed by atoms with Gasteiger partial charge in [-0.3, -0.25) is 0 Å². The maximum Gasteiger partial charge on any atom is 0.128 e. The molecule has 0 amide bonds. The fourth-order valence-electron chi connectivity index (χ4n) is 1.75. The number of hydrogen-bond donors (Lipinski definition) is 1. The summed E-state index contributed by atoms with van der Waals surface area (Å²) in [6, 6.07) is 6.71. The van der Waals surface area contributed by atoms with E-state index in [1.54, 1.807) is 6.07 Å². The topological polar surface area (TPSA) is 49.8 Å². The van der Waals surface area contributed by atoms with Crippen molar-refractivity contribution in [1.29, 1.82) is 5.26 Å². The molecule has 86 valence electrons. The lowest BCUT2D eigenvalue weighted by molar-refractivity contribution is 0.627. The van der Waals surface area contributed by atoms with Crippen LogP contribution in [0.25, 0.3) is 10.4 Å². The Labute approximate surface area is 103 Å². The van der Waals surface area contributed by atoms with Crippen LogP contribution < -0.4 is 5.73 Å². The van der Waals surface area contributed by atoms with E-state index in [2.05, 4.69) is 6.07 Å². The summed E-state index contributed by atoms with van der Waals surface area (Å²) in [4.78, 5) is 1.46. The van der Waals surface area contributed by atoms with Crippen LogP contribution in [0, 0.1) is 31.0 Å². The molecule has 2 aromatic rings. The second kappa shape index (κ2) is 4.19. The molecule has 17 heavy (non-hydrogen) atoms. The number of aryl methyl sites for hydroxylation is 1. The van der Waals surface area contributed by atoms with E-state index < -0.39 is 0 Å². The predicted octanol–water partition coefficient (Wildman–Crippen LogP) is 3.62. The molecule has 0 bridgehead atoms. The molecule has 0 saturated carbocycles. The molecule has 0 unspecified atom stereocenters. The smallest absolute Gasteiger partial charge is 0.128 e. The van der Waals surface area contributed by atoms with Gasteiger partial charge in [0.05, 0.1) is 5.69 Å². The molecule has 4 heteroatoms. The first-order chi connectivity index (χ1) is 8.04. The molecular formula is C13H11FN2S. The third-order valence-electron chi connectivity index (χ3n) is 2.73. The highest BCUT2D eigenvalue weighted by molar-refractivity contribution is 7.16. The Balaban J connectivity index is 2.65. The first kappa shape index (κ1) is 11.6. The predicted molar refractivity (Wildman–Crippen MR) is 68.3 cm³/mol. The van der Waals surface area contributed by atoms with Crippen molar-refractivity contribution < 1.29 is 4.39 Å². The molecule has 0 spiro atoms. The summed E-state index contributed by atoms with van der Waals surface area (Å²) in [5, 5.41) is 8.94.